The molecule has 1 fully saturated rings. The number of hydrogen-bond donors (Lipinski definition) is 0. The summed E-state index contributed by atoms with van der Waals surface area (Å²) in [6.45, 7) is 2.13. The van der Waals surface area contributed by atoms with E-state index >= 15 is 0 Å². The third kappa shape index (κ3) is 3.94. The lowest BCUT2D eigenvalue weighted by molar-refractivity contribution is 0.0719. The Hall–Kier alpha value is -1.81. The van der Waals surface area contributed by atoms with Crippen molar-refractivity contribution in [1.29, 1.82) is 0 Å². The minimum absolute atomic E-state index is 0.0763. The SMILES string of the molecule is O=C(c1ccccc1OCc1ccccc1Br)N1CCCCC1. The van der Waals surface area contributed by atoms with Gasteiger partial charge in [0.2, 0.25) is 0 Å². The summed E-state index contributed by atoms with van der Waals surface area (Å²) in [7, 11) is 0. The van der Waals surface area contributed by atoms with Crippen LogP contribution in [0.25, 0.3) is 0 Å². The van der Waals surface area contributed by atoms with E-state index in [4.69, 9.17) is 4.74 Å². The molecular weight excluding hydrogens is 354 g/mol. The molecule has 1 amide bonds. The molecule has 1 aliphatic heterocycles. The molecule has 0 radical (unpaired) electrons. The van der Waals surface area contributed by atoms with E-state index in [1.54, 1.807) is 0 Å². The highest BCUT2D eigenvalue weighted by Crippen LogP contribution is 2.24. The molecule has 1 saturated heterocycles. The zero-order valence-corrected chi connectivity index (χ0v) is 14.6. The molecule has 4 heteroatoms. The van der Waals surface area contributed by atoms with Crippen molar-refractivity contribution in [2.75, 3.05) is 13.1 Å². The number of piperidine rings is 1. The second-order valence-electron chi connectivity index (χ2n) is 5.73. The Balaban J connectivity index is 1.75. The van der Waals surface area contributed by atoms with Crippen LogP contribution >= 0.6 is 15.9 Å². The van der Waals surface area contributed by atoms with Gasteiger partial charge in [0.1, 0.15) is 12.4 Å². The number of carbonyl (C=O) groups is 1. The van der Waals surface area contributed by atoms with Crippen LogP contribution < -0.4 is 4.74 Å². The molecule has 1 aliphatic rings. The third-order valence-electron chi connectivity index (χ3n) is 4.10. The van der Waals surface area contributed by atoms with Gasteiger partial charge in [0.25, 0.3) is 5.91 Å². The summed E-state index contributed by atoms with van der Waals surface area (Å²) in [5.41, 5.74) is 1.72. The molecule has 2 aromatic carbocycles. The van der Waals surface area contributed by atoms with Crippen LogP contribution in [0.15, 0.2) is 53.0 Å². The van der Waals surface area contributed by atoms with Crippen LogP contribution in [0.4, 0.5) is 0 Å². The zero-order chi connectivity index (χ0) is 16.1. The molecule has 3 nitrogen and oxygen atoms in total. The maximum atomic E-state index is 12.7. The van der Waals surface area contributed by atoms with Gasteiger partial charge in [-0.25, -0.2) is 0 Å². The van der Waals surface area contributed by atoms with Crippen LogP contribution in [0.2, 0.25) is 0 Å². The highest BCUT2D eigenvalue weighted by molar-refractivity contribution is 9.10. The molecule has 0 aliphatic carbocycles. The number of para-hydroxylation sites is 1. The summed E-state index contributed by atoms with van der Waals surface area (Å²) in [6.07, 6.45) is 3.39. The summed E-state index contributed by atoms with van der Waals surface area (Å²) in [6, 6.07) is 15.5. The number of nitrogens with zero attached hydrogens (tertiary/aromatic N) is 1. The lowest BCUT2D eigenvalue weighted by Gasteiger charge is -2.27. The predicted octanol–water partition coefficient (Wildman–Crippen LogP) is 4.65. The van der Waals surface area contributed by atoms with Gasteiger partial charge in [0, 0.05) is 23.1 Å². The Bertz CT molecular complexity index is 681. The predicted molar refractivity (Wildman–Crippen MR) is 94.7 cm³/mol. The van der Waals surface area contributed by atoms with Crippen LogP contribution in [0.3, 0.4) is 0 Å². The van der Waals surface area contributed by atoms with Crippen molar-refractivity contribution in [1.82, 2.24) is 4.90 Å². The van der Waals surface area contributed by atoms with Gasteiger partial charge in [-0.05, 0) is 37.5 Å². The third-order valence-corrected chi connectivity index (χ3v) is 4.88. The molecule has 0 bridgehead atoms. The largest absolute Gasteiger partial charge is 0.488 e. The number of amides is 1. The average molecular weight is 374 g/mol. The Kier molecular flexibility index (Phi) is 5.34. The van der Waals surface area contributed by atoms with Crippen LogP contribution in [0.1, 0.15) is 35.2 Å². The van der Waals surface area contributed by atoms with Crippen molar-refractivity contribution in [3.05, 3.63) is 64.1 Å². The number of halogens is 1. The van der Waals surface area contributed by atoms with E-state index in [-0.39, 0.29) is 5.91 Å². The first-order valence-electron chi connectivity index (χ1n) is 8.00. The standard InChI is InChI=1S/C19H20BrNO2/c20-17-10-4-2-8-15(17)14-23-18-11-5-3-9-16(18)19(22)21-12-6-1-7-13-21/h2-5,8-11H,1,6-7,12-14H2. The van der Waals surface area contributed by atoms with Gasteiger partial charge < -0.3 is 9.64 Å². The Morgan fingerprint density at radius 3 is 2.48 bits per heavy atom. The van der Waals surface area contributed by atoms with Crippen molar-refractivity contribution in [2.24, 2.45) is 0 Å². The molecule has 0 saturated carbocycles. The summed E-state index contributed by atoms with van der Waals surface area (Å²) < 4.78 is 6.95. The highest BCUT2D eigenvalue weighted by Gasteiger charge is 2.21. The topological polar surface area (TPSA) is 29.5 Å². The van der Waals surface area contributed by atoms with Crippen molar-refractivity contribution in [2.45, 2.75) is 25.9 Å². The minimum atomic E-state index is 0.0763. The second-order valence-corrected chi connectivity index (χ2v) is 6.58. The van der Waals surface area contributed by atoms with E-state index in [0.29, 0.717) is 17.9 Å². The molecule has 1 heterocycles. The molecule has 23 heavy (non-hydrogen) atoms. The van der Waals surface area contributed by atoms with Gasteiger partial charge in [0.05, 0.1) is 5.56 Å². The molecule has 0 unspecified atom stereocenters. The first kappa shape index (κ1) is 16.1. The van der Waals surface area contributed by atoms with E-state index in [9.17, 15) is 4.79 Å². The van der Waals surface area contributed by atoms with Crippen LogP contribution in [-0.4, -0.2) is 23.9 Å². The first-order chi connectivity index (χ1) is 11.3. The van der Waals surface area contributed by atoms with E-state index in [0.717, 1.165) is 36.0 Å². The summed E-state index contributed by atoms with van der Waals surface area (Å²) >= 11 is 3.52. The van der Waals surface area contributed by atoms with E-state index in [2.05, 4.69) is 15.9 Å². The monoisotopic (exact) mass is 373 g/mol. The Labute approximate surface area is 145 Å². The lowest BCUT2D eigenvalue weighted by atomic mass is 10.1. The molecular formula is C19H20BrNO2. The number of ether oxygens (including phenoxy) is 1. The fourth-order valence-corrected chi connectivity index (χ4v) is 3.21. The molecule has 3 rings (SSSR count). The average Bonchev–Trinajstić information content (AvgIpc) is 2.61. The van der Waals surface area contributed by atoms with Crippen molar-refractivity contribution < 1.29 is 9.53 Å². The maximum Gasteiger partial charge on any atom is 0.257 e. The van der Waals surface area contributed by atoms with Gasteiger partial charge >= 0.3 is 0 Å². The number of carbonyl (C=O) groups excluding carboxylic acids is 1. The zero-order valence-electron chi connectivity index (χ0n) is 13.0. The fourth-order valence-electron chi connectivity index (χ4n) is 2.81. The first-order valence-corrected chi connectivity index (χ1v) is 8.79. The van der Waals surface area contributed by atoms with Crippen LogP contribution in [0, 0.1) is 0 Å². The number of likely N-dealkylation sites (tertiary alicyclic amines) is 1. The number of rotatable bonds is 4. The van der Waals surface area contributed by atoms with Crippen LogP contribution in [0.5, 0.6) is 5.75 Å². The summed E-state index contributed by atoms with van der Waals surface area (Å²) in [4.78, 5) is 14.7. The number of hydrogen-bond acceptors (Lipinski definition) is 2. The number of benzene rings is 2. The highest BCUT2D eigenvalue weighted by atomic mass is 79.9. The molecule has 0 spiro atoms. The molecule has 0 atom stereocenters. The van der Waals surface area contributed by atoms with Crippen molar-refractivity contribution >= 4 is 21.8 Å². The van der Waals surface area contributed by atoms with Crippen LogP contribution in [-0.2, 0) is 6.61 Å². The molecule has 120 valence electrons. The minimum Gasteiger partial charge on any atom is -0.488 e. The fraction of sp³-hybridized carbons (Fsp3) is 0.316. The van der Waals surface area contributed by atoms with E-state index in [1.165, 1.54) is 6.42 Å². The summed E-state index contributed by atoms with van der Waals surface area (Å²) in [5, 5.41) is 0. The van der Waals surface area contributed by atoms with E-state index < -0.39 is 0 Å². The Morgan fingerprint density at radius 2 is 1.70 bits per heavy atom. The van der Waals surface area contributed by atoms with Crippen molar-refractivity contribution in [3.8, 4) is 5.75 Å². The lowest BCUT2D eigenvalue weighted by Crippen LogP contribution is -2.35. The van der Waals surface area contributed by atoms with Gasteiger partial charge in [0.15, 0.2) is 0 Å². The normalized spacial score (nSPS) is 14.6. The molecule has 0 N–H and O–H groups in total. The second kappa shape index (κ2) is 7.64. The van der Waals surface area contributed by atoms with Gasteiger partial charge in [-0.3, -0.25) is 4.79 Å². The quantitative estimate of drug-likeness (QED) is 0.780. The van der Waals surface area contributed by atoms with Gasteiger partial charge in [-0.2, -0.15) is 0 Å². The smallest absolute Gasteiger partial charge is 0.257 e. The molecule has 0 aromatic heterocycles. The maximum absolute atomic E-state index is 12.7. The van der Waals surface area contributed by atoms with Gasteiger partial charge in [-0.1, -0.05) is 46.3 Å². The van der Waals surface area contributed by atoms with E-state index in [1.807, 2.05) is 53.4 Å². The summed E-state index contributed by atoms with van der Waals surface area (Å²) in [5.74, 6) is 0.728. The van der Waals surface area contributed by atoms with Crippen molar-refractivity contribution in [3.63, 3.8) is 0 Å². The molecule has 2 aromatic rings. The van der Waals surface area contributed by atoms with Gasteiger partial charge in [-0.15, -0.1) is 0 Å². The Morgan fingerprint density at radius 1 is 1.00 bits per heavy atom.